The maximum Gasteiger partial charge on any atom is 0.410 e. The zero-order valence-electron chi connectivity index (χ0n) is 18.2. The Labute approximate surface area is 172 Å². The number of esters is 1. The number of hydrogen-bond acceptors (Lipinski definition) is 5. The smallest absolute Gasteiger partial charge is 0.410 e. The summed E-state index contributed by atoms with van der Waals surface area (Å²) in [5.41, 5.74) is 2.09. The second kappa shape index (κ2) is 9.29. The van der Waals surface area contributed by atoms with Crippen molar-refractivity contribution < 1.29 is 23.9 Å². The van der Waals surface area contributed by atoms with E-state index in [9.17, 15) is 14.4 Å². The van der Waals surface area contributed by atoms with Gasteiger partial charge < -0.3 is 19.7 Å². The fourth-order valence-electron chi connectivity index (χ4n) is 3.18. The summed E-state index contributed by atoms with van der Waals surface area (Å²) in [5, 5.41) is 2.84. The molecule has 1 fully saturated rings. The van der Waals surface area contributed by atoms with Gasteiger partial charge in [0.2, 0.25) is 0 Å². The highest BCUT2D eigenvalue weighted by molar-refractivity contribution is 5.96. The molecule has 1 heterocycles. The number of hydrogen-bond donors (Lipinski definition) is 1. The van der Waals surface area contributed by atoms with E-state index in [0.717, 1.165) is 16.8 Å². The van der Waals surface area contributed by atoms with E-state index < -0.39 is 17.7 Å². The number of ether oxygens (including phenoxy) is 2. The van der Waals surface area contributed by atoms with Crippen molar-refractivity contribution in [3.05, 3.63) is 29.3 Å². The number of para-hydroxylation sites is 1. The molecule has 0 saturated carbocycles. The minimum absolute atomic E-state index is 0.330. The number of nitrogens with zero attached hydrogens (tertiary/aromatic N) is 1. The van der Waals surface area contributed by atoms with Crippen LogP contribution in [0.3, 0.4) is 0 Å². The summed E-state index contributed by atoms with van der Waals surface area (Å²) in [6.07, 6.45) is -0.289. The van der Waals surface area contributed by atoms with Gasteiger partial charge in [-0.3, -0.25) is 9.59 Å². The Morgan fingerprint density at radius 1 is 1.10 bits per heavy atom. The first kappa shape index (κ1) is 22.7. The third-order valence-electron chi connectivity index (χ3n) is 4.87. The lowest BCUT2D eigenvalue weighted by Crippen LogP contribution is -2.43. The van der Waals surface area contributed by atoms with Gasteiger partial charge in [-0.15, -0.1) is 0 Å². The Bertz CT molecular complexity index is 741. The van der Waals surface area contributed by atoms with E-state index in [1.54, 1.807) is 11.8 Å². The van der Waals surface area contributed by atoms with Crippen LogP contribution in [0.1, 0.15) is 51.7 Å². The Morgan fingerprint density at radius 2 is 1.66 bits per heavy atom. The number of likely N-dealkylation sites (tertiary alicyclic amines) is 1. The molecule has 1 N–H and O–H groups in total. The number of aryl methyl sites for hydroxylation is 2. The largest absolute Gasteiger partial charge is 0.452 e. The summed E-state index contributed by atoms with van der Waals surface area (Å²) in [6, 6.07) is 5.75. The van der Waals surface area contributed by atoms with Gasteiger partial charge in [0.05, 0.1) is 5.92 Å². The van der Waals surface area contributed by atoms with Crippen LogP contribution in [0.25, 0.3) is 0 Å². The number of amides is 2. The van der Waals surface area contributed by atoms with Crippen LogP contribution in [0.2, 0.25) is 0 Å². The quantitative estimate of drug-likeness (QED) is 0.771. The average molecular weight is 405 g/mol. The second-order valence-electron chi connectivity index (χ2n) is 8.58. The molecule has 1 aromatic carbocycles. The van der Waals surface area contributed by atoms with E-state index in [2.05, 4.69) is 5.32 Å². The van der Waals surface area contributed by atoms with Crippen LogP contribution < -0.4 is 5.32 Å². The molecule has 2 amide bonds. The van der Waals surface area contributed by atoms with Crippen LogP contribution in [0, 0.1) is 19.8 Å². The topological polar surface area (TPSA) is 84.9 Å². The fraction of sp³-hybridized carbons (Fsp3) is 0.591. The first-order valence-corrected chi connectivity index (χ1v) is 10.0. The van der Waals surface area contributed by atoms with E-state index >= 15 is 0 Å². The first-order chi connectivity index (χ1) is 13.5. The maximum absolute atomic E-state index is 12.5. The highest BCUT2D eigenvalue weighted by Gasteiger charge is 2.32. The summed E-state index contributed by atoms with van der Waals surface area (Å²) < 4.78 is 10.8. The molecule has 1 aliphatic heterocycles. The predicted octanol–water partition coefficient (Wildman–Crippen LogP) is 3.82. The van der Waals surface area contributed by atoms with Crippen molar-refractivity contribution in [2.45, 2.75) is 66.1 Å². The van der Waals surface area contributed by atoms with E-state index in [-0.39, 0.29) is 17.9 Å². The second-order valence-corrected chi connectivity index (χ2v) is 8.58. The standard InChI is InChI=1S/C22H32N2O5/c1-14-8-7-9-15(2)18(14)23-19(25)16(3)28-20(26)17-10-12-24(13-11-17)21(27)29-22(4,5)6/h7-9,16-17H,10-13H2,1-6H3,(H,23,25)/t16-/m0/s1. The Balaban J connectivity index is 1.84. The van der Waals surface area contributed by atoms with Crippen LogP contribution in [-0.2, 0) is 19.1 Å². The molecule has 0 aliphatic carbocycles. The first-order valence-electron chi connectivity index (χ1n) is 10.0. The molecule has 0 spiro atoms. The van der Waals surface area contributed by atoms with Crippen molar-refractivity contribution in [2.24, 2.45) is 5.92 Å². The van der Waals surface area contributed by atoms with Crippen LogP contribution >= 0.6 is 0 Å². The van der Waals surface area contributed by atoms with Crippen molar-refractivity contribution in [1.29, 1.82) is 0 Å². The number of carbonyl (C=O) groups excluding carboxylic acids is 3. The zero-order chi connectivity index (χ0) is 21.8. The van der Waals surface area contributed by atoms with Gasteiger partial charge in [0, 0.05) is 18.8 Å². The third kappa shape index (κ3) is 6.48. The van der Waals surface area contributed by atoms with Crippen molar-refractivity contribution in [3.63, 3.8) is 0 Å². The van der Waals surface area contributed by atoms with E-state index in [1.165, 1.54) is 0 Å². The van der Waals surface area contributed by atoms with Gasteiger partial charge in [0.1, 0.15) is 5.60 Å². The summed E-state index contributed by atoms with van der Waals surface area (Å²) in [7, 11) is 0. The van der Waals surface area contributed by atoms with Crippen LogP contribution in [-0.4, -0.2) is 47.7 Å². The molecule has 1 saturated heterocycles. The highest BCUT2D eigenvalue weighted by atomic mass is 16.6. The Kier molecular flexibility index (Phi) is 7.27. The number of anilines is 1. The molecule has 160 valence electrons. The molecular formula is C22H32N2O5. The molecule has 7 nitrogen and oxygen atoms in total. The lowest BCUT2D eigenvalue weighted by atomic mass is 9.97. The normalized spacial score (nSPS) is 16.1. The molecule has 7 heteroatoms. The van der Waals surface area contributed by atoms with Gasteiger partial charge in [-0.2, -0.15) is 0 Å². The minimum Gasteiger partial charge on any atom is -0.452 e. The number of nitrogens with one attached hydrogen (secondary N) is 1. The molecule has 0 radical (unpaired) electrons. The van der Waals surface area contributed by atoms with Crippen molar-refractivity contribution in [3.8, 4) is 0 Å². The molecule has 1 atom stereocenters. The number of rotatable bonds is 4. The molecule has 0 bridgehead atoms. The summed E-state index contributed by atoms with van der Waals surface area (Å²) in [6.45, 7) is 11.7. The summed E-state index contributed by atoms with van der Waals surface area (Å²) >= 11 is 0. The van der Waals surface area contributed by atoms with E-state index in [1.807, 2.05) is 52.8 Å². The van der Waals surface area contributed by atoms with E-state index in [0.29, 0.717) is 25.9 Å². The van der Waals surface area contributed by atoms with Crippen molar-refractivity contribution in [2.75, 3.05) is 18.4 Å². The SMILES string of the molecule is Cc1cccc(C)c1NC(=O)[C@H](C)OC(=O)C1CCN(C(=O)OC(C)(C)C)CC1. The lowest BCUT2D eigenvalue weighted by molar-refractivity contribution is -0.158. The monoisotopic (exact) mass is 404 g/mol. The number of carbonyl (C=O) groups is 3. The molecular weight excluding hydrogens is 372 g/mol. The molecule has 0 unspecified atom stereocenters. The van der Waals surface area contributed by atoms with Crippen LogP contribution in [0.4, 0.5) is 10.5 Å². The highest BCUT2D eigenvalue weighted by Crippen LogP contribution is 2.23. The van der Waals surface area contributed by atoms with Gasteiger partial charge in [-0.05, 0) is 65.5 Å². The van der Waals surface area contributed by atoms with E-state index in [4.69, 9.17) is 9.47 Å². The zero-order valence-corrected chi connectivity index (χ0v) is 18.2. The third-order valence-corrected chi connectivity index (χ3v) is 4.87. The number of piperidine rings is 1. The molecule has 1 aromatic rings. The summed E-state index contributed by atoms with van der Waals surface area (Å²) in [4.78, 5) is 38.6. The summed E-state index contributed by atoms with van der Waals surface area (Å²) in [5.74, 6) is -1.09. The Hall–Kier alpha value is -2.57. The minimum atomic E-state index is -0.898. The molecule has 1 aliphatic rings. The van der Waals surface area contributed by atoms with Gasteiger partial charge in [-0.1, -0.05) is 18.2 Å². The van der Waals surface area contributed by atoms with Gasteiger partial charge in [0.25, 0.3) is 5.91 Å². The van der Waals surface area contributed by atoms with Crippen LogP contribution in [0.5, 0.6) is 0 Å². The average Bonchev–Trinajstić information content (AvgIpc) is 2.63. The molecule has 2 rings (SSSR count). The van der Waals surface area contributed by atoms with Gasteiger partial charge >= 0.3 is 12.1 Å². The number of benzene rings is 1. The fourth-order valence-corrected chi connectivity index (χ4v) is 3.18. The Morgan fingerprint density at radius 3 is 2.17 bits per heavy atom. The van der Waals surface area contributed by atoms with Gasteiger partial charge in [-0.25, -0.2) is 4.79 Å². The van der Waals surface area contributed by atoms with Crippen molar-refractivity contribution in [1.82, 2.24) is 4.90 Å². The van der Waals surface area contributed by atoms with Crippen LogP contribution in [0.15, 0.2) is 18.2 Å². The lowest BCUT2D eigenvalue weighted by Gasteiger charge is -2.32. The molecule has 0 aromatic heterocycles. The predicted molar refractivity (Wildman–Crippen MR) is 111 cm³/mol. The molecule has 29 heavy (non-hydrogen) atoms. The maximum atomic E-state index is 12.5. The van der Waals surface area contributed by atoms with Gasteiger partial charge in [0.15, 0.2) is 6.10 Å². The van der Waals surface area contributed by atoms with Crippen molar-refractivity contribution >= 4 is 23.7 Å².